The minimum Gasteiger partial charge on any atom is -0.477 e. The summed E-state index contributed by atoms with van der Waals surface area (Å²) in [6.07, 6.45) is 0.130. The van der Waals surface area contributed by atoms with E-state index in [0.29, 0.717) is 16.1 Å². The average Bonchev–Trinajstić information content (AvgIpc) is 2.47. The first-order valence-corrected chi connectivity index (χ1v) is 6.96. The molecule has 0 radical (unpaired) electrons. The van der Waals surface area contributed by atoms with E-state index in [9.17, 15) is 9.59 Å². The van der Waals surface area contributed by atoms with Gasteiger partial charge in [-0.2, -0.15) is 0 Å². The average molecular weight is 332 g/mol. The number of carbonyl (C=O) groups excluding carboxylic acids is 1. The van der Waals surface area contributed by atoms with E-state index in [1.54, 1.807) is 24.3 Å². The molecular weight excluding hydrogens is 318 g/mol. The third-order valence-electron chi connectivity index (χ3n) is 3.27. The molecular formula is C16H14ClN3O3. The summed E-state index contributed by atoms with van der Waals surface area (Å²) in [5.41, 5.74) is 12.5. The number of carbonyl (C=O) groups is 2. The van der Waals surface area contributed by atoms with E-state index >= 15 is 0 Å². The van der Waals surface area contributed by atoms with Crippen LogP contribution in [0.15, 0.2) is 36.4 Å². The van der Waals surface area contributed by atoms with Gasteiger partial charge in [0.25, 0.3) is 0 Å². The van der Waals surface area contributed by atoms with Crippen LogP contribution in [0, 0.1) is 5.41 Å². The Kier molecular flexibility index (Phi) is 4.66. The van der Waals surface area contributed by atoms with Crippen molar-refractivity contribution in [2.75, 3.05) is 5.73 Å². The van der Waals surface area contributed by atoms with Crippen LogP contribution >= 0.6 is 11.6 Å². The van der Waals surface area contributed by atoms with Crippen LogP contribution in [0.1, 0.15) is 11.1 Å². The predicted octanol–water partition coefficient (Wildman–Crippen LogP) is 2.07. The van der Waals surface area contributed by atoms with Crippen molar-refractivity contribution < 1.29 is 14.7 Å². The van der Waals surface area contributed by atoms with Crippen LogP contribution in [0.3, 0.4) is 0 Å². The summed E-state index contributed by atoms with van der Waals surface area (Å²) in [5.74, 6) is -1.80. The molecule has 2 aromatic rings. The third kappa shape index (κ3) is 3.67. The molecule has 2 rings (SSSR count). The van der Waals surface area contributed by atoms with Gasteiger partial charge in [0.15, 0.2) is 0 Å². The van der Waals surface area contributed by atoms with E-state index in [4.69, 9.17) is 33.6 Å². The molecule has 0 bridgehead atoms. The minimum atomic E-state index is -1.37. The molecule has 0 saturated carbocycles. The summed E-state index contributed by atoms with van der Waals surface area (Å²) < 4.78 is 0. The smallest absolute Gasteiger partial charge is 0.354 e. The van der Waals surface area contributed by atoms with Crippen LogP contribution < -0.4 is 11.5 Å². The van der Waals surface area contributed by atoms with Crippen molar-refractivity contribution >= 4 is 34.9 Å². The van der Waals surface area contributed by atoms with Gasteiger partial charge in [0.05, 0.1) is 11.4 Å². The molecule has 6 N–H and O–H groups in total. The first-order chi connectivity index (χ1) is 10.8. The Balaban J connectivity index is 2.46. The lowest BCUT2D eigenvalue weighted by Crippen LogP contribution is -2.15. The lowest BCUT2D eigenvalue weighted by molar-refractivity contribution is -0.129. The zero-order valence-electron chi connectivity index (χ0n) is 12.0. The molecule has 0 aliphatic rings. The first-order valence-electron chi connectivity index (χ1n) is 6.58. The number of amides is 1. The molecule has 0 saturated heterocycles. The number of hydrogen-bond acceptors (Lipinski definition) is 4. The minimum absolute atomic E-state index is 0.0955. The quantitative estimate of drug-likeness (QED) is 0.493. The normalized spacial score (nSPS) is 10.3. The van der Waals surface area contributed by atoms with Crippen LogP contribution in [0.4, 0.5) is 5.69 Å². The third-order valence-corrected chi connectivity index (χ3v) is 3.58. The van der Waals surface area contributed by atoms with Crippen molar-refractivity contribution in [1.82, 2.24) is 0 Å². The number of aliphatic carboxylic acids is 1. The Morgan fingerprint density at radius 3 is 2.30 bits per heavy atom. The van der Waals surface area contributed by atoms with Gasteiger partial charge >= 0.3 is 5.97 Å². The Hall–Kier alpha value is -2.86. The number of primary amides is 1. The van der Waals surface area contributed by atoms with Crippen molar-refractivity contribution in [3.8, 4) is 11.1 Å². The molecule has 118 valence electrons. The number of rotatable bonds is 5. The Morgan fingerprint density at radius 2 is 1.78 bits per heavy atom. The number of nitrogens with one attached hydrogen (secondary N) is 1. The Bertz CT molecular complexity index is 801. The van der Waals surface area contributed by atoms with Crippen LogP contribution in [0.5, 0.6) is 0 Å². The van der Waals surface area contributed by atoms with Gasteiger partial charge in [-0.1, -0.05) is 35.9 Å². The molecule has 0 spiro atoms. The summed E-state index contributed by atoms with van der Waals surface area (Å²) >= 11 is 6.17. The standard InChI is InChI=1S/C16H14ClN3O3/c17-12-7-13(18)11(15(20)16(22)23)6-10(12)9-3-1-8(2-4-9)5-14(19)21/h1-4,6-7,20H,5,18H2,(H2,19,21)(H,22,23). The topological polar surface area (TPSA) is 130 Å². The highest BCUT2D eigenvalue weighted by atomic mass is 35.5. The monoisotopic (exact) mass is 331 g/mol. The van der Waals surface area contributed by atoms with Crippen LogP contribution in [-0.2, 0) is 16.0 Å². The maximum absolute atomic E-state index is 11.0. The molecule has 0 atom stereocenters. The summed E-state index contributed by atoms with van der Waals surface area (Å²) in [7, 11) is 0. The van der Waals surface area contributed by atoms with E-state index < -0.39 is 17.6 Å². The van der Waals surface area contributed by atoms with Crippen molar-refractivity contribution in [3.63, 3.8) is 0 Å². The summed E-state index contributed by atoms with van der Waals surface area (Å²) in [4.78, 5) is 21.9. The van der Waals surface area contributed by atoms with Gasteiger partial charge < -0.3 is 16.6 Å². The van der Waals surface area contributed by atoms with Gasteiger partial charge in [0.1, 0.15) is 5.71 Å². The predicted molar refractivity (Wildman–Crippen MR) is 88.7 cm³/mol. The highest BCUT2D eigenvalue weighted by Gasteiger charge is 2.16. The lowest BCUT2D eigenvalue weighted by atomic mass is 9.98. The highest BCUT2D eigenvalue weighted by molar-refractivity contribution is 6.43. The zero-order chi connectivity index (χ0) is 17.1. The van der Waals surface area contributed by atoms with E-state index in [0.717, 1.165) is 5.56 Å². The molecule has 2 aromatic carbocycles. The number of halogens is 1. The second-order valence-corrected chi connectivity index (χ2v) is 5.35. The second kappa shape index (κ2) is 6.50. The van der Waals surface area contributed by atoms with E-state index in [-0.39, 0.29) is 17.7 Å². The molecule has 0 fully saturated rings. The van der Waals surface area contributed by atoms with Crippen LogP contribution in [-0.4, -0.2) is 22.7 Å². The van der Waals surface area contributed by atoms with Crippen molar-refractivity contribution in [2.45, 2.75) is 6.42 Å². The second-order valence-electron chi connectivity index (χ2n) is 4.94. The SMILES string of the molecule is N=C(C(=O)O)c1cc(-c2ccc(CC(N)=O)cc2)c(Cl)cc1N. The van der Waals surface area contributed by atoms with E-state index in [1.807, 2.05) is 0 Å². The first kappa shape index (κ1) is 16.5. The molecule has 0 heterocycles. The van der Waals surface area contributed by atoms with Gasteiger partial charge in [-0.3, -0.25) is 10.2 Å². The Labute approximate surface area is 137 Å². The van der Waals surface area contributed by atoms with Gasteiger partial charge in [-0.05, 0) is 23.3 Å². The molecule has 0 aliphatic heterocycles. The number of nitrogen functional groups attached to an aromatic ring is 1. The maximum atomic E-state index is 11.0. The van der Waals surface area contributed by atoms with E-state index in [1.165, 1.54) is 12.1 Å². The molecule has 23 heavy (non-hydrogen) atoms. The van der Waals surface area contributed by atoms with Crippen molar-refractivity contribution in [2.24, 2.45) is 5.73 Å². The molecule has 1 amide bonds. The van der Waals surface area contributed by atoms with Gasteiger partial charge in [-0.25, -0.2) is 4.79 Å². The van der Waals surface area contributed by atoms with Gasteiger partial charge in [0.2, 0.25) is 5.91 Å². The van der Waals surface area contributed by atoms with Crippen LogP contribution in [0.25, 0.3) is 11.1 Å². The van der Waals surface area contributed by atoms with Crippen molar-refractivity contribution in [3.05, 3.63) is 52.5 Å². The maximum Gasteiger partial charge on any atom is 0.354 e. The number of carboxylic acids is 1. The highest BCUT2D eigenvalue weighted by Crippen LogP contribution is 2.32. The summed E-state index contributed by atoms with van der Waals surface area (Å²) in [6, 6.07) is 9.83. The fourth-order valence-electron chi connectivity index (χ4n) is 2.14. The fraction of sp³-hybridized carbons (Fsp3) is 0.0625. The fourth-order valence-corrected chi connectivity index (χ4v) is 2.43. The van der Waals surface area contributed by atoms with Crippen molar-refractivity contribution in [1.29, 1.82) is 5.41 Å². The Morgan fingerprint density at radius 1 is 1.17 bits per heavy atom. The number of carboxylic acid groups (broad SMARTS) is 1. The number of benzene rings is 2. The molecule has 0 aliphatic carbocycles. The molecule has 7 heteroatoms. The van der Waals surface area contributed by atoms with Gasteiger partial charge in [-0.15, -0.1) is 0 Å². The number of hydrogen-bond donors (Lipinski definition) is 4. The summed E-state index contributed by atoms with van der Waals surface area (Å²) in [6.45, 7) is 0. The zero-order valence-corrected chi connectivity index (χ0v) is 12.7. The molecule has 0 aromatic heterocycles. The van der Waals surface area contributed by atoms with Gasteiger partial charge in [0, 0.05) is 16.8 Å². The van der Waals surface area contributed by atoms with Crippen LogP contribution in [0.2, 0.25) is 5.02 Å². The summed E-state index contributed by atoms with van der Waals surface area (Å²) in [5, 5.41) is 16.9. The van der Waals surface area contributed by atoms with E-state index in [2.05, 4.69) is 0 Å². The largest absolute Gasteiger partial charge is 0.477 e. The molecule has 0 unspecified atom stereocenters. The number of anilines is 1. The lowest BCUT2D eigenvalue weighted by Gasteiger charge is -2.11. The number of nitrogens with two attached hydrogens (primary N) is 2. The molecule has 6 nitrogen and oxygen atoms in total.